The number of ketones is 1. The van der Waals surface area contributed by atoms with Gasteiger partial charge in [-0.3, -0.25) is 4.79 Å². The van der Waals surface area contributed by atoms with Crippen molar-refractivity contribution in [2.24, 2.45) is 0 Å². The van der Waals surface area contributed by atoms with Gasteiger partial charge in [-0.1, -0.05) is 6.92 Å². The van der Waals surface area contributed by atoms with Gasteiger partial charge in [0.1, 0.15) is 19.0 Å². The van der Waals surface area contributed by atoms with Gasteiger partial charge in [0.2, 0.25) is 0 Å². The van der Waals surface area contributed by atoms with E-state index in [0.29, 0.717) is 22.4 Å². The summed E-state index contributed by atoms with van der Waals surface area (Å²) in [5, 5.41) is 8.40. The van der Waals surface area contributed by atoms with Crippen LogP contribution in [0.5, 0.6) is 5.75 Å². The molecule has 0 aliphatic rings. The minimum absolute atomic E-state index is 0.256. The number of carboxylic acids is 1. The van der Waals surface area contributed by atoms with E-state index < -0.39 is 12.6 Å². The molecule has 0 unspecified atom stereocenters. The molecule has 6 heteroatoms. The zero-order chi connectivity index (χ0) is 14.3. The zero-order valence-electron chi connectivity index (χ0n) is 10.5. The van der Waals surface area contributed by atoms with Crippen LogP contribution in [0.1, 0.15) is 23.7 Å². The molecule has 104 valence electrons. The van der Waals surface area contributed by atoms with E-state index >= 15 is 0 Å². The molecular formula is C13H15BrO5. The van der Waals surface area contributed by atoms with Crippen molar-refractivity contribution >= 4 is 27.7 Å². The smallest absolute Gasteiger partial charge is 0.329 e. The van der Waals surface area contributed by atoms with Crippen molar-refractivity contribution in [1.29, 1.82) is 0 Å². The highest BCUT2D eigenvalue weighted by atomic mass is 79.9. The number of carbonyl (C=O) groups is 2. The van der Waals surface area contributed by atoms with E-state index in [0.717, 1.165) is 6.42 Å². The van der Waals surface area contributed by atoms with Crippen molar-refractivity contribution in [3.05, 3.63) is 28.2 Å². The minimum atomic E-state index is -1.10. The van der Waals surface area contributed by atoms with Gasteiger partial charge in [0.25, 0.3) is 0 Å². The highest BCUT2D eigenvalue weighted by Gasteiger charge is 2.10. The largest absolute Gasteiger partial charge is 0.492 e. The first-order valence-electron chi connectivity index (χ1n) is 5.79. The Morgan fingerprint density at radius 2 is 2.05 bits per heavy atom. The number of aliphatic carboxylic acids is 1. The lowest BCUT2D eigenvalue weighted by Crippen LogP contribution is -2.14. The summed E-state index contributed by atoms with van der Waals surface area (Å²) in [6, 6.07) is 4.96. The molecule has 0 aliphatic carbocycles. The number of ether oxygens (including phenoxy) is 2. The van der Waals surface area contributed by atoms with Gasteiger partial charge in [0.15, 0.2) is 5.78 Å². The van der Waals surface area contributed by atoms with Crippen LogP contribution in [-0.2, 0) is 9.53 Å². The topological polar surface area (TPSA) is 72.8 Å². The summed E-state index contributed by atoms with van der Waals surface area (Å²) in [4.78, 5) is 22.0. The van der Waals surface area contributed by atoms with Crippen LogP contribution >= 0.6 is 15.9 Å². The number of halogens is 1. The van der Waals surface area contributed by atoms with Crippen molar-refractivity contribution in [1.82, 2.24) is 0 Å². The average Bonchev–Trinajstić information content (AvgIpc) is 2.36. The predicted octanol–water partition coefficient (Wildman–Crippen LogP) is 2.52. The lowest BCUT2D eigenvalue weighted by molar-refractivity contribution is -0.141. The molecule has 19 heavy (non-hydrogen) atoms. The molecule has 1 N–H and O–H groups in total. The van der Waals surface area contributed by atoms with Crippen LogP contribution in [0.15, 0.2) is 22.7 Å². The molecule has 5 nitrogen and oxygen atoms in total. The third kappa shape index (κ3) is 5.40. The van der Waals surface area contributed by atoms with E-state index in [1.807, 2.05) is 6.92 Å². The summed E-state index contributed by atoms with van der Waals surface area (Å²) in [7, 11) is 0. The fraction of sp³-hybridized carbons (Fsp3) is 0.385. The molecule has 0 atom stereocenters. The summed E-state index contributed by atoms with van der Waals surface area (Å²) in [6.45, 7) is 1.87. The van der Waals surface area contributed by atoms with Gasteiger partial charge in [-0.05, 0) is 40.5 Å². The van der Waals surface area contributed by atoms with Crippen LogP contribution in [0.3, 0.4) is 0 Å². The lowest BCUT2D eigenvalue weighted by Gasteiger charge is -2.08. The van der Waals surface area contributed by atoms with E-state index in [1.54, 1.807) is 18.2 Å². The SMILES string of the molecule is CCCOc1ccc(C(=O)COCC(=O)O)cc1Br. The zero-order valence-corrected chi connectivity index (χ0v) is 12.1. The Morgan fingerprint density at radius 1 is 1.32 bits per heavy atom. The van der Waals surface area contributed by atoms with E-state index in [1.165, 1.54) is 0 Å². The Hall–Kier alpha value is -1.40. The van der Waals surface area contributed by atoms with Crippen molar-refractivity contribution < 1.29 is 24.2 Å². The van der Waals surface area contributed by atoms with E-state index in [-0.39, 0.29) is 12.4 Å². The molecule has 0 fully saturated rings. The molecule has 0 aliphatic heterocycles. The summed E-state index contributed by atoms with van der Waals surface area (Å²) in [5.74, 6) is -0.703. The third-order valence-electron chi connectivity index (χ3n) is 2.17. The van der Waals surface area contributed by atoms with Crippen LogP contribution in [0, 0.1) is 0 Å². The van der Waals surface area contributed by atoms with Gasteiger partial charge in [-0.15, -0.1) is 0 Å². The fourth-order valence-electron chi connectivity index (χ4n) is 1.32. The highest BCUT2D eigenvalue weighted by Crippen LogP contribution is 2.26. The Bertz CT molecular complexity index is 458. The van der Waals surface area contributed by atoms with Crippen LogP contribution < -0.4 is 4.74 Å². The lowest BCUT2D eigenvalue weighted by atomic mass is 10.1. The molecule has 0 heterocycles. The molecule has 1 aromatic carbocycles. The van der Waals surface area contributed by atoms with Crippen molar-refractivity contribution in [3.8, 4) is 5.75 Å². The van der Waals surface area contributed by atoms with Crippen LogP contribution in [0.4, 0.5) is 0 Å². The average molecular weight is 331 g/mol. The van der Waals surface area contributed by atoms with Gasteiger partial charge in [0.05, 0.1) is 11.1 Å². The minimum Gasteiger partial charge on any atom is -0.492 e. The fourth-order valence-corrected chi connectivity index (χ4v) is 1.81. The Labute approximate surface area is 119 Å². The highest BCUT2D eigenvalue weighted by molar-refractivity contribution is 9.10. The molecule has 1 rings (SSSR count). The van der Waals surface area contributed by atoms with Crippen molar-refractivity contribution in [2.45, 2.75) is 13.3 Å². The first-order chi connectivity index (χ1) is 9.04. The molecule has 0 radical (unpaired) electrons. The molecule has 0 amide bonds. The quantitative estimate of drug-likeness (QED) is 0.741. The van der Waals surface area contributed by atoms with Gasteiger partial charge >= 0.3 is 5.97 Å². The third-order valence-corrected chi connectivity index (χ3v) is 2.79. The maximum atomic E-state index is 11.7. The van der Waals surface area contributed by atoms with Crippen LogP contribution in [0.25, 0.3) is 0 Å². The molecule has 0 spiro atoms. The van der Waals surface area contributed by atoms with Crippen molar-refractivity contribution in [2.75, 3.05) is 19.8 Å². The predicted molar refractivity (Wildman–Crippen MR) is 72.7 cm³/mol. The molecule has 0 aromatic heterocycles. The Morgan fingerprint density at radius 3 is 2.63 bits per heavy atom. The standard InChI is InChI=1S/C13H15BrO5/c1-2-5-19-12-4-3-9(6-10(12)14)11(15)7-18-8-13(16)17/h3-4,6H,2,5,7-8H2,1H3,(H,16,17). The number of carbonyl (C=O) groups excluding carboxylic acids is 1. The van der Waals surface area contributed by atoms with Crippen LogP contribution in [0.2, 0.25) is 0 Å². The number of hydrogen-bond donors (Lipinski definition) is 1. The van der Waals surface area contributed by atoms with Gasteiger partial charge in [0, 0.05) is 5.56 Å². The number of rotatable bonds is 8. The summed E-state index contributed by atoms with van der Waals surface area (Å²) < 4.78 is 10.9. The number of Topliss-reactive ketones (excluding diaryl/α,β-unsaturated/α-hetero) is 1. The van der Waals surface area contributed by atoms with E-state index in [9.17, 15) is 9.59 Å². The first kappa shape index (κ1) is 15.7. The van der Waals surface area contributed by atoms with E-state index in [4.69, 9.17) is 14.6 Å². The maximum absolute atomic E-state index is 11.7. The monoisotopic (exact) mass is 330 g/mol. The second-order valence-electron chi connectivity index (χ2n) is 3.80. The number of carboxylic acid groups (broad SMARTS) is 1. The normalized spacial score (nSPS) is 10.2. The Balaban J connectivity index is 2.61. The van der Waals surface area contributed by atoms with Crippen molar-refractivity contribution in [3.63, 3.8) is 0 Å². The van der Waals surface area contributed by atoms with E-state index in [2.05, 4.69) is 15.9 Å². The second kappa shape index (κ2) is 7.91. The molecular weight excluding hydrogens is 316 g/mol. The summed E-state index contributed by atoms with van der Waals surface area (Å²) in [6.07, 6.45) is 0.899. The Kier molecular flexibility index (Phi) is 6.52. The second-order valence-corrected chi connectivity index (χ2v) is 4.66. The summed E-state index contributed by atoms with van der Waals surface area (Å²) >= 11 is 3.32. The molecule has 0 saturated heterocycles. The molecule has 1 aromatic rings. The molecule has 0 bridgehead atoms. The number of benzene rings is 1. The first-order valence-corrected chi connectivity index (χ1v) is 6.59. The maximum Gasteiger partial charge on any atom is 0.329 e. The molecule has 0 saturated carbocycles. The van der Waals surface area contributed by atoms with Gasteiger partial charge < -0.3 is 14.6 Å². The van der Waals surface area contributed by atoms with Gasteiger partial charge in [-0.2, -0.15) is 0 Å². The summed E-state index contributed by atoms with van der Waals surface area (Å²) in [5.41, 5.74) is 0.445. The van der Waals surface area contributed by atoms with Crippen LogP contribution in [-0.4, -0.2) is 36.7 Å². The van der Waals surface area contributed by atoms with Gasteiger partial charge in [-0.25, -0.2) is 4.79 Å². The number of hydrogen-bond acceptors (Lipinski definition) is 4.